The van der Waals surface area contributed by atoms with E-state index in [1.807, 2.05) is 30.0 Å². The number of aliphatic hydroxyl groups is 1. The fraction of sp³-hybridized carbons (Fsp3) is 0.548. The molecule has 2 amide bonds. The number of piperidine rings is 2. The molecule has 0 radical (unpaired) electrons. The second-order valence-electron chi connectivity index (χ2n) is 17.2. The van der Waals surface area contributed by atoms with E-state index in [-0.39, 0.29) is 42.7 Å². The number of nitrogens with zero attached hydrogens (tertiary/aromatic N) is 6. The van der Waals surface area contributed by atoms with E-state index in [0.29, 0.717) is 92.2 Å². The fourth-order valence-electron chi connectivity index (χ4n) is 9.87. The Kier molecular flexibility index (Phi) is 9.58. The quantitative estimate of drug-likeness (QED) is 0.240. The number of hydrogen-bond acceptors (Lipinski definition) is 11. The zero-order valence-corrected chi connectivity index (χ0v) is 32.5. The van der Waals surface area contributed by atoms with E-state index in [4.69, 9.17) is 29.2 Å². The number of benzene rings is 2. The van der Waals surface area contributed by atoms with Crippen molar-refractivity contribution in [2.24, 2.45) is 0 Å². The molecule has 13 nitrogen and oxygen atoms in total. The van der Waals surface area contributed by atoms with Gasteiger partial charge in [-0.2, -0.15) is 9.97 Å². The van der Waals surface area contributed by atoms with Crippen LogP contribution in [-0.4, -0.2) is 117 Å². The number of aromatic nitrogens is 3. The van der Waals surface area contributed by atoms with Crippen molar-refractivity contribution in [3.8, 4) is 23.0 Å². The highest BCUT2D eigenvalue weighted by Gasteiger charge is 2.49. The Labute approximate surface area is 329 Å². The van der Waals surface area contributed by atoms with Gasteiger partial charge in [0, 0.05) is 44.4 Å². The van der Waals surface area contributed by atoms with E-state index in [0.717, 1.165) is 31.4 Å². The first kappa shape index (κ1) is 37.7. The molecule has 2 N–H and O–H groups in total. The zero-order chi connectivity index (χ0) is 39.5. The lowest BCUT2D eigenvalue weighted by Crippen LogP contribution is -2.57. The molecule has 0 unspecified atom stereocenters. The van der Waals surface area contributed by atoms with Gasteiger partial charge in [-0.1, -0.05) is 18.2 Å². The van der Waals surface area contributed by atoms with Gasteiger partial charge >= 0.3 is 18.2 Å². The van der Waals surface area contributed by atoms with Crippen LogP contribution < -0.4 is 19.7 Å². The smallest absolute Gasteiger partial charge is 0.415 e. The van der Waals surface area contributed by atoms with Crippen LogP contribution in [-0.2, 0) is 11.2 Å². The molecule has 0 aliphatic carbocycles. The zero-order valence-electron chi connectivity index (χ0n) is 32.5. The monoisotopic (exact) mass is 785 g/mol. The normalized spacial score (nSPS) is 28.0. The summed E-state index contributed by atoms with van der Waals surface area (Å²) in [6.45, 7) is 6.67. The Bertz CT molecular complexity index is 2240. The predicted octanol–water partition coefficient (Wildman–Crippen LogP) is 6.32. The number of carbonyl (C=O) groups is 2. The van der Waals surface area contributed by atoms with Crippen LogP contribution in [0.15, 0.2) is 36.5 Å². The number of likely N-dealkylation sites (tertiary alicyclic amines) is 1. The Morgan fingerprint density at radius 3 is 2.77 bits per heavy atom. The summed E-state index contributed by atoms with van der Waals surface area (Å²) < 4.78 is 50.2. The van der Waals surface area contributed by atoms with Crippen molar-refractivity contribution in [2.75, 3.05) is 57.4 Å². The topological polar surface area (TPSA) is 142 Å². The first-order valence-electron chi connectivity index (χ1n) is 20.2. The average molecular weight is 786 g/mol. The molecule has 4 fully saturated rings. The number of aryl methyl sites for hydroxylation is 1. The van der Waals surface area contributed by atoms with Crippen molar-refractivity contribution < 1.29 is 37.7 Å². The van der Waals surface area contributed by atoms with Crippen molar-refractivity contribution in [3.05, 3.63) is 47.9 Å². The number of anilines is 1. The van der Waals surface area contributed by atoms with Crippen LogP contribution in [0.3, 0.4) is 0 Å². The number of alkyl carbamates (subject to hydrolysis) is 1. The van der Waals surface area contributed by atoms with E-state index < -0.39 is 40.9 Å². The number of β-amino-alcohol motifs (C(OH)–C–C–N with tert-alkyl or cyclic N) is 1. The highest BCUT2D eigenvalue weighted by Crippen LogP contribution is 2.42. The molecule has 15 heteroatoms. The van der Waals surface area contributed by atoms with Crippen molar-refractivity contribution in [2.45, 2.75) is 94.5 Å². The van der Waals surface area contributed by atoms with E-state index in [9.17, 15) is 19.1 Å². The molecular formula is C42H49F2N7O6. The number of hydrogen-bond donors (Lipinski definition) is 2. The van der Waals surface area contributed by atoms with Gasteiger partial charge in [0.05, 0.1) is 35.2 Å². The molecule has 57 heavy (non-hydrogen) atoms. The van der Waals surface area contributed by atoms with E-state index >= 15 is 4.39 Å². The summed E-state index contributed by atoms with van der Waals surface area (Å²) in [5.41, 5.74) is -0.899. The number of alkyl halides is 1. The minimum Gasteiger partial charge on any atom is -0.461 e. The fourth-order valence-corrected chi connectivity index (χ4v) is 9.87. The molecule has 302 valence electrons. The standard InChI is InChI=1S/C42H49F2N7O6/c1-40-11-5-14-49(23-40)36-31-21-45-34(33(44)35(31)46-37(47-36)56-25-42-13-7-16-51(42)22-28(43)20-42)30-19-29(57-39(53)50-15-6-12-41(2,54)24-50)18-27-9-3-8-26(32(27)30)10-4-17-55-38(52)48-40/h3,8-9,18-19,21,28,54H,4-7,10-17,20,22-25H2,1-2H3,(H,48,52)/t28-,40-,41-,42+/m1/s1. The SMILES string of the molecule is C[C@@]1(O)CCCN(C(=O)Oc2cc3c4c(cccc4c2)CCCOC(=O)N[C@]2(C)CCCN(C2)c2nc(OC[C@@]45CCCN4C[C@H](F)C5)nc4c(F)c-3ncc24)C1. The average Bonchev–Trinajstić information content (AvgIpc) is 3.70. The molecule has 4 aromatic rings. The summed E-state index contributed by atoms with van der Waals surface area (Å²) in [4.78, 5) is 46.6. The first-order valence-corrected chi connectivity index (χ1v) is 20.2. The molecule has 6 aliphatic heterocycles. The van der Waals surface area contributed by atoms with Gasteiger partial charge in [0.2, 0.25) is 0 Å². The third kappa shape index (κ3) is 7.28. The van der Waals surface area contributed by atoms with Crippen LogP contribution in [0.2, 0.25) is 0 Å². The summed E-state index contributed by atoms with van der Waals surface area (Å²) in [5, 5.41) is 15.5. The predicted molar refractivity (Wildman–Crippen MR) is 209 cm³/mol. The van der Waals surface area contributed by atoms with Crippen LogP contribution in [0.5, 0.6) is 11.8 Å². The van der Waals surface area contributed by atoms with Gasteiger partial charge < -0.3 is 34.4 Å². The van der Waals surface area contributed by atoms with Crippen LogP contribution in [0.1, 0.15) is 70.8 Å². The van der Waals surface area contributed by atoms with Crippen molar-refractivity contribution in [1.29, 1.82) is 0 Å². The summed E-state index contributed by atoms with van der Waals surface area (Å²) in [6, 6.07) is 9.03. The maximum absolute atomic E-state index is 17.5. The summed E-state index contributed by atoms with van der Waals surface area (Å²) >= 11 is 0. The largest absolute Gasteiger partial charge is 0.461 e. The van der Waals surface area contributed by atoms with Crippen molar-refractivity contribution in [3.63, 3.8) is 0 Å². The van der Waals surface area contributed by atoms with Crippen molar-refractivity contribution >= 4 is 39.7 Å². The number of nitrogens with one attached hydrogen (secondary N) is 1. The second kappa shape index (κ2) is 14.5. The third-order valence-electron chi connectivity index (χ3n) is 12.5. The number of ether oxygens (including phenoxy) is 3. The third-order valence-corrected chi connectivity index (χ3v) is 12.5. The number of rotatable bonds is 4. The highest BCUT2D eigenvalue weighted by molar-refractivity contribution is 6.02. The molecule has 10 rings (SSSR count). The molecular weight excluding hydrogens is 737 g/mol. The molecule has 6 bridgehead atoms. The Morgan fingerprint density at radius 2 is 1.91 bits per heavy atom. The number of pyridine rings is 1. The Morgan fingerprint density at radius 1 is 1.07 bits per heavy atom. The van der Waals surface area contributed by atoms with E-state index in [1.54, 1.807) is 25.3 Å². The molecule has 0 spiro atoms. The van der Waals surface area contributed by atoms with Gasteiger partial charge in [-0.25, -0.2) is 18.4 Å². The molecule has 4 saturated heterocycles. The number of fused-ring (bicyclic) bond motifs is 7. The molecule has 6 aliphatic rings. The summed E-state index contributed by atoms with van der Waals surface area (Å²) in [6.07, 6.45) is 5.22. The molecule has 0 saturated carbocycles. The summed E-state index contributed by atoms with van der Waals surface area (Å²) in [5.74, 6) is -0.0848. The highest BCUT2D eigenvalue weighted by atomic mass is 19.1. The van der Waals surface area contributed by atoms with Crippen LogP contribution in [0, 0.1) is 5.82 Å². The van der Waals surface area contributed by atoms with Crippen LogP contribution >= 0.6 is 0 Å². The Hall–Kier alpha value is -4.89. The molecule has 2 aromatic heterocycles. The molecule has 8 heterocycles. The van der Waals surface area contributed by atoms with Crippen LogP contribution in [0.25, 0.3) is 32.9 Å². The molecule has 2 aromatic carbocycles. The second-order valence-corrected chi connectivity index (χ2v) is 17.2. The number of amides is 2. The van der Waals surface area contributed by atoms with Gasteiger partial charge in [0.1, 0.15) is 35.6 Å². The van der Waals surface area contributed by atoms with Crippen molar-refractivity contribution in [1.82, 2.24) is 30.1 Å². The lowest BCUT2D eigenvalue weighted by Gasteiger charge is -2.41. The Balaban J connectivity index is 1.18. The minimum atomic E-state index is -1.03. The minimum absolute atomic E-state index is 0.00288. The van der Waals surface area contributed by atoms with Gasteiger partial charge in [-0.3, -0.25) is 9.88 Å². The van der Waals surface area contributed by atoms with E-state index in [2.05, 4.69) is 10.2 Å². The number of halogens is 2. The number of carbonyl (C=O) groups excluding carboxylic acids is 2. The van der Waals surface area contributed by atoms with Gasteiger partial charge in [0.25, 0.3) is 0 Å². The van der Waals surface area contributed by atoms with Gasteiger partial charge in [-0.15, -0.1) is 0 Å². The van der Waals surface area contributed by atoms with Gasteiger partial charge in [0.15, 0.2) is 5.82 Å². The van der Waals surface area contributed by atoms with Gasteiger partial charge in [-0.05, 0) is 100 Å². The lowest BCUT2D eigenvalue weighted by atomic mass is 9.91. The van der Waals surface area contributed by atoms with E-state index in [1.165, 1.54) is 4.90 Å². The maximum Gasteiger partial charge on any atom is 0.415 e. The molecule has 4 atom stereocenters. The van der Waals surface area contributed by atoms with Crippen LogP contribution in [0.4, 0.5) is 24.2 Å². The maximum atomic E-state index is 17.5. The summed E-state index contributed by atoms with van der Waals surface area (Å²) in [7, 11) is 0. The lowest BCUT2D eigenvalue weighted by molar-refractivity contribution is -0.00880. The first-order chi connectivity index (χ1) is 27.4.